The molecule has 1 amide bonds. The summed E-state index contributed by atoms with van der Waals surface area (Å²) in [5, 5.41) is 0. The van der Waals surface area contributed by atoms with E-state index in [1.54, 1.807) is 7.05 Å². The van der Waals surface area contributed by atoms with Gasteiger partial charge in [-0.05, 0) is 23.6 Å². The van der Waals surface area contributed by atoms with Gasteiger partial charge in [0.2, 0.25) is 5.91 Å². The minimum absolute atomic E-state index is 0.0116. The van der Waals surface area contributed by atoms with Crippen LogP contribution in [0, 0.1) is 5.92 Å². The quantitative estimate of drug-likeness (QED) is 0.926. The topological polar surface area (TPSA) is 46.3 Å². The van der Waals surface area contributed by atoms with Crippen molar-refractivity contribution < 1.29 is 18.0 Å². The third kappa shape index (κ3) is 4.23. The van der Waals surface area contributed by atoms with Crippen molar-refractivity contribution in [2.24, 2.45) is 11.7 Å². The van der Waals surface area contributed by atoms with Crippen molar-refractivity contribution in [3.63, 3.8) is 0 Å². The molecule has 0 radical (unpaired) electrons. The first kappa shape index (κ1) is 16.5. The molecular formula is C14H19F3N2O. The highest BCUT2D eigenvalue weighted by atomic mass is 19.4. The van der Waals surface area contributed by atoms with Gasteiger partial charge in [0.1, 0.15) is 0 Å². The highest BCUT2D eigenvalue weighted by molar-refractivity contribution is 5.81. The SMILES string of the molecule is CC(C)C(N)C(=O)N(C)Cc1ccc(C(F)(F)F)cc1. The van der Waals surface area contributed by atoms with E-state index in [1.807, 2.05) is 13.8 Å². The standard InChI is InChI=1S/C14H19F3N2O/c1-9(2)12(18)13(20)19(3)8-10-4-6-11(7-5-10)14(15,16)17/h4-7,9,12H,8,18H2,1-3H3. The monoisotopic (exact) mass is 288 g/mol. The Labute approximate surface area is 116 Å². The highest BCUT2D eigenvalue weighted by Gasteiger charge is 2.30. The fourth-order valence-electron chi connectivity index (χ4n) is 1.69. The maximum atomic E-state index is 12.4. The molecule has 2 N–H and O–H groups in total. The van der Waals surface area contributed by atoms with Gasteiger partial charge in [0, 0.05) is 13.6 Å². The lowest BCUT2D eigenvalue weighted by atomic mass is 10.0. The number of nitrogens with zero attached hydrogens (tertiary/aromatic N) is 1. The van der Waals surface area contributed by atoms with Crippen molar-refractivity contribution >= 4 is 5.91 Å². The van der Waals surface area contributed by atoms with Crippen LogP contribution < -0.4 is 5.73 Å². The summed E-state index contributed by atoms with van der Waals surface area (Å²) in [6, 6.07) is 4.15. The number of carbonyl (C=O) groups is 1. The van der Waals surface area contributed by atoms with E-state index in [-0.39, 0.29) is 18.4 Å². The summed E-state index contributed by atoms with van der Waals surface area (Å²) in [6.45, 7) is 3.92. The molecule has 1 aromatic carbocycles. The molecule has 0 fully saturated rings. The van der Waals surface area contributed by atoms with Gasteiger partial charge < -0.3 is 10.6 Å². The number of rotatable bonds is 4. The second-order valence-corrected chi connectivity index (χ2v) is 5.16. The summed E-state index contributed by atoms with van der Waals surface area (Å²) in [4.78, 5) is 13.4. The Balaban J connectivity index is 2.72. The van der Waals surface area contributed by atoms with Gasteiger partial charge in [-0.15, -0.1) is 0 Å². The van der Waals surface area contributed by atoms with Crippen LogP contribution in [0.5, 0.6) is 0 Å². The first-order chi connectivity index (χ1) is 9.12. The lowest BCUT2D eigenvalue weighted by molar-refractivity contribution is -0.137. The molecule has 0 aliphatic carbocycles. The molecule has 1 unspecified atom stereocenters. The number of nitrogens with two attached hydrogens (primary N) is 1. The number of likely N-dealkylation sites (N-methyl/N-ethyl adjacent to an activating group) is 1. The molecule has 6 heteroatoms. The summed E-state index contributed by atoms with van der Waals surface area (Å²) in [7, 11) is 1.59. The number of halogens is 3. The van der Waals surface area contributed by atoms with Crippen LogP contribution in [0.1, 0.15) is 25.0 Å². The number of benzene rings is 1. The van der Waals surface area contributed by atoms with Crippen LogP contribution in [0.15, 0.2) is 24.3 Å². The van der Waals surface area contributed by atoms with Crippen molar-refractivity contribution in [2.75, 3.05) is 7.05 Å². The Morgan fingerprint density at radius 3 is 2.15 bits per heavy atom. The Bertz CT molecular complexity index is 454. The summed E-state index contributed by atoms with van der Waals surface area (Å²) < 4.78 is 37.3. The fourth-order valence-corrected chi connectivity index (χ4v) is 1.69. The van der Waals surface area contributed by atoms with Crippen LogP contribution in [-0.2, 0) is 17.5 Å². The number of carbonyl (C=O) groups excluding carboxylic acids is 1. The second kappa shape index (κ2) is 6.26. The molecule has 20 heavy (non-hydrogen) atoms. The van der Waals surface area contributed by atoms with Crippen molar-refractivity contribution in [2.45, 2.75) is 32.6 Å². The lowest BCUT2D eigenvalue weighted by Crippen LogP contribution is -2.44. The summed E-state index contributed by atoms with van der Waals surface area (Å²) in [6.07, 6.45) is -4.35. The van der Waals surface area contributed by atoms with E-state index in [0.29, 0.717) is 5.56 Å². The van der Waals surface area contributed by atoms with E-state index < -0.39 is 17.8 Å². The van der Waals surface area contributed by atoms with E-state index in [9.17, 15) is 18.0 Å². The Morgan fingerprint density at radius 1 is 1.25 bits per heavy atom. The van der Waals surface area contributed by atoms with Crippen molar-refractivity contribution in [1.29, 1.82) is 0 Å². The predicted octanol–water partition coefficient (Wildman–Crippen LogP) is 2.65. The average Bonchev–Trinajstić information content (AvgIpc) is 2.36. The Hall–Kier alpha value is -1.56. The minimum atomic E-state index is -4.35. The number of hydrogen-bond acceptors (Lipinski definition) is 2. The molecule has 3 nitrogen and oxygen atoms in total. The largest absolute Gasteiger partial charge is 0.416 e. The molecule has 1 atom stereocenters. The second-order valence-electron chi connectivity index (χ2n) is 5.16. The molecule has 0 saturated heterocycles. The van der Waals surface area contributed by atoms with E-state index in [1.165, 1.54) is 17.0 Å². The molecule has 0 aliphatic heterocycles. The number of alkyl halides is 3. The first-order valence-electron chi connectivity index (χ1n) is 6.29. The molecule has 1 aromatic rings. The van der Waals surface area contributed by atoms with Crippen LogP contribution >= 0.6 is 0 Å². The van der Waals surface area contributed by atoms with Crippen LogP contribution in [0.2, 0.25) is 0 Å². The molecular weight excluding hydrogens is 269 g/mol. The van der Waals surface area contributed by atoms with Gasteiger partial charge >= 0.3 is 6.18 Å². The van der Waals surface area contributed by atoms with Crippen LogP contribution in [0.3, 0.4) is 0 Å². The van der Waals surface area contributed by atoms with Crippen LogP contribution in [0.4, 0.5) is 13.2 Å². The zero-order valence-electron chi connectivity index (χ0n) is 11.7. The first-order valence-corrected chi connectivity index (χ1v) is 6.29. The molecule has 0 heterocycles. The van der Waals surface area contributed by atoms with Gasteiger partial charge in [0.05, 0.1) is 11.6 Å². The van der Waals surface area contributed by atoms with Gasteiger partial charge in [-0.2, -0.15) is 13.2 Å². The Morgan fingerprint density at radius 2 is 1.75 bits per heavy atom. The zero-order valence-corrected chi connectivity index (χ0v) is 11.7. The van der Waals surface area contributed by atoms with E-state index in [2.05, 4.69) is 0 Å². The summed E-state index contributed by atoms with van der Waals surface area (Å²) in [5.74, 6) is -0.211. The van der Waals surface area contributed by atoms with Gasteiger partial charge in [0.15, 0.2) is 0 Å². The van der Waals surface area contributed by atoms with E-state index >= 15 is 0 Å². The normalized spacial score (nSPS) is 13.4. The van der Waals surface area contributed by atoms with Crippen molar-refractivity contribution in [1.82, 2.24) is 4.90 Å². The molecule has 0 saturated carbocycles. The molecule has 1 rings (SSSR count). The molecule has 112 valence electrons. The van der Waals surface area contributed by atoms with E-state index in [4.69, 9.17) is 5.73 Å². The third-order valence-corrected chi connectivity index (χ3v) is 3.08. The maximum Gasteiger partial charge on any atom is 0.416 e. The third-order valence-electron chi connectivity index (χ3n) is 3.08. The smallest absolute Gasteiger partial charge is 0.340 e. The van der Waals surface area contributed by atoms with Crippen LogP contribution in [-0.4, -0.2) is 23.9 Å². The summed E-state index contributed by atoms with van der Waals surface area (Å²) in [5.41, 5.74) is 5.69. The minimum Gasteiger partial charge on any atom is -0.340 e. The van der Waals surface area contributed by atoms with Crippen molar-refractivity contribution in [3.05, 3.63) is 35.4 Å². The van der Waals surface area contributed by atoms with Gasteiger partial charge in [0.25, 0.3) is 0 Å². The lowest BCUT2D eigenvalue weighted by Gasteiger charge is -2.23. The van der Waals surface area contributed by atoms with Gasteiger partial charge in [-0.25, -0.2) is 0 Å². The fraction of sp³-hybridized carbons (Fsp3) is 0.500. The van der Waals surface area contributed by atoms with Gasteiger partial charge in [-0.3, -0.25) is 4.79 Å². The molecule has 0 aromatic heterocycles. The summed E-state index contributed by atoms with van der Waals surface area (Å²) >= 11 is 0. The van der Waals surface area contributed by atoms with Crippen LogP contribution in [0.25, 0.3) is 0 Å². The number of amides is 1. The van der Waals surface area contributed by atoms with Gasteiger partial charge in [-0.1, -0.05) is 26.0 Å². The number of hydrogen-bond donors (Lipinski definition) is 1. The predicted molar refractivity (Wildman–Crippen MR) is 70.7 cm³/mol. The molecule has 0 spiro atoms. The average molecular weight is 288 g/mol. The molecule has 0 aliphatic rings. The Kier molecular flexibility index (Phi) is 5.16. The highest BCUT2D eigenvalue weighted by Crippen LogP contribution is 2.29. The maximum absolute atomic E-state index is 12.4. The zero-order chi connectivity index (χ0) is 15.5. The molecule has 0 bridgehead atoms. The van der Waals surface area contributed by atoms with Crippen molar-refractivity contribution in [3.8, 4) is 0 Å². The van der Waals surface area contributed by atoms with E-state index in [0.717, 1.165) is 12.1 Å².